The molecule has 0 saturated heterocycles. The van der Waals surface area contributed by atoms with Crippen LogP contribution in [-0.2, 0) is 27.7 Å². The second-order valence-corrected chi connectivity index (χ2v) is 9.55. The normalized spacial score (nSPS) is 11.0. The number of thiophene rings is 1. The fourth-order valence-electron chi connectivity index (χ4n) is 2.96. The van der Waals surface area contributed by atoms with E-state index in [1.54, 1.807) is 56.0 Å². The Balaban J connectivity index is 1.50. The van der Waals surface area contributed by atoms with Gasteiger partial charge in [0.05, 0.1) is 20.6 Å². The van der Waals surface area contributed by atoms with E-state index in [4.69, 9.17) is 9.47 Å². The molecule has 0 saturated carbocycles. The van der Waals surface area contributed by atoms with Gasteiger partial charge in [0.25, 0.3) is 10.0 Å². The van der Waals surface area contributed by atoms with Crippen molar-refractivity contribution < 1.29 is 22.7 Å². The molecule has 31 heavy (non-hydrogen) atoms. The molecular formula is C22H24N2O5S2. The van der Waals surface area contributed by atoms with E-state index in [1.807, 2.05) is 18.2 Å². The molecule has 0 bridgehead atoms. The van der Waals surface area contributed by atoms with Crippen LogP contribution in [0.5, 0.6) is 11.5 Å². The van der Waals surface area contributed by atoms with Gasteiger partial charge in [0.2, 0.25) is 5.91 Å². The smallest absolute Gasteiger partial charge is 0.271 e. The van der Waals surface area contributed by atoms with Crippen LogP contribution >= 0.6 is 11.3 Å². The first-order chi connectivity index (χ1) is 14.9. The molecule has 164 valence electrons. The van der Waals surface area contributed by atoms with Crippen molar-refractivity contribution in [1.29, 1.82) is 0 Å². The summed E-state index contributed by atoms with van der Waals surface area (Å²) in [5.41, 5.74) is 2.22. The van der Waals surface area contributed by atoms with Crippen LogP contribution in [0, 0.1) is 0 Å². The van der Waals surface area contributed by atoms with Crippen LogP contribution in [0.1, 0.15) is 11.1 Å². The van der Waals surface area contributed by atoms with Gasteiger partial charge in [-0.3, -0.25) is 9.52 Å². The van der Waals surface area contributed by atoms with Gasteiger partial charge in [0.1, 0.15) is 15.7 Å². The van der Waals surface area contributed by atoms with E-state index in [0.29, 0.717) is 30.2 Å². The highest BCUT2D eigenvalue weighted by atomic mass is 32.2. The average Bonchev–Trinajstić information content (AvgIpc) is 3.31. The summed E-state index contributed by atoms with van der Waals surface area (Å²) in [5, 5.41) is 4.60. The van der Waals surface area contributed by atoms with Crippen LogP contribution in [0.3, 0.4) is 0 Å². The fraction of sp³-hybridized carbons (Fsp3) is 0.227. The Morgan fingerprint density at radius 3 is 2.45 bits per heavy atom. The first-order valence-electron chi connectivity index (χ1n) is 9.54. The Bertz CT molecular complexity index is 1110. The summed E-state index contributed by atoms with van der Waals surface area (Å²) in [6, 6.07) is 15.6. The molecular weight excluding hydrogens is 436 g/mol. The quantitative estimate of drug-likeness (QED) is 0.483. The Labute approximate surface area is 186 Å². The van der Waals surface area contributed by atoms with Gasteiger partial charge in [0, 0.05) is 18.3 Å². The highest BCUT2D eigenvalue weighted by Crippen LogP contribution is 2.24. The van der Waals surface area contributed by atoms with Gasteiger partial charge in [-0.15, -0.1) is 11.3 Å². The molecule has 0 aliphatic carbocycles. The van der Waals surface area contributed by atoms with Gasteiger partial charge >= 0.3 is 0 Å². The molecule has 2 aromatic carbocycles. The van der Waals surface area contributed by atoms with Crippen molar-refractivity contribution in [2.45, 2.75) is 17.1 Å². The number of benzene rings is 2. The van der Waals surface area contributed by atoms with Gasteiger partial charge in [-0.1, -0.05) is 24.3 Å². The molecule has 7 nitrogen and oxygen atoms in total. The van der Waals surface area contributed by atoms with E-state index in [1.165, 1.54) is 0 Å². The van der Waals surface area contributed by atoms with Gasteiger partial charge in [0.15, 0.2) is 0 Å². The maximum absolute atomic E-state index is 12.3. The summed E-state index contributed by atoms with van der Waals surface area (Å²) in [7, 11) is -0.388. The highest BCUT2D eigenvalue weighted by Gasteiger charge is 2.15. The third kappa shape index (κ3) is 6.22. The van der Waals surface area contributed by atoms with E-state index in [2.05, 4.69) is 10.0 Å². The number of methoxy groups -OCH3 is 2. The Morgan fingerprint density at radius 1 is 1.03 bits per heavy atom. The van der Waals surface area contributed by atoms with Crippen LogP contribution < -0.4 is 19.5 Å². The minimum Gasteiger partial charge on any atom is -0.497 e. The molecule has 0 radical (unpaired) electrons. The maximum atomic E-state index is 12.3. The van der Waals surface area contributed by atoms with Crippen molar-refractivity contribution in [2.75, 3.05) is 25.5 Å². The zero-order valence-corrected chi connectivity index (χ0v) is 18.9. The number of hydrogen-bond acceptors (Lipinski definition) is 6. The molecule has 0 spiro atoms. The molecule has 1 aromatic heterocycles. The first-order valence-corrected chi connectivity index (χ1v) is 11.9. The summed E-state index contributed by atoms with van der Waals surface area (Å²) < 4.78 is 37.9. The van der Waals surface area contributed by atoms with Gasteiger partial charge in [-0.05, 0) is 47.2 Å². The monoisotopic (exact) mass is 460 g/mol. The van der Waals surface area contributed by atoms with Crippen molar-refractivity contribution in [2.24, 2.45) is 0 Å². The summed E-state index contributed by atoms with van der Waals surface area (Å²) in [6.07, 6.45) is 0.833. The second kappa shape index (κ2) is 10.3. The summed E-state index contributed by atoms with van der Waals surface area (Å²) in [4.78, 5) is 12.3. The van der Waals surface area contributed by atoms with Gasteiger partial charge in [-0.25, -0.2) is 8.42 Å². The second-order valence-electron chi connectivity index (χ2n) is 6.69. The Kier molecular flexibility index (Phi) is 7.54. The standard InChI is InChI=1S/C22H24N2O5S2/c1-28-19-10-7-17(20(15-19)29-2)11-12-23-21(25)14-16-5-8-18(9-6-16)24-31(26,27)22-4-3-13-30-22/h3-10,13,15,24H,11-12,14H2,1-2H3,(H,23,25). The first kappa shape index (κ1) is 22.6. The lowest BCUT2D eigenvalue weighted by Gasteiger charge is -2.11. The number of sulfonamides is 1. The molecule has 0 fully saturated rings. The van der Waals surface area contributed by atoms with Crippen LogP contribution in [0.15, 0.2) is 64.2 Å². The number of ether oxygens (including phenoxy) is 2. The van der Waals surface area contributed by atoms with E-state index in [0.717, 1.165) is 22.5 Å². The lowest BCUT2D eigenvalue weighted by molar-refractivity contribution is -0.120. The third-order valence-corrected chi connectivity index (χ3v) is 7.32. The number of hydrogen-bond donors (Lipinski definition) is 2. The highest BCUT2D eigenvalue weighted by molar-refractivity contribution is 7.94. The molecule has 0 unspecified atom stereocenters. The summed E-state index contributed by atoms with van der Waals surface area (Å²) in [5.74, 6) is 1.32. The van der Waals surface area contributed by atoms with E-state index in [-0.39, 0.29) is 16.5 Å². The predicted molar refractivity (Wildman–Crippen MR) is 122 cm³/mol. The van der Waals surface area contributed by atoms with Crippen LogP contribution in [0.4, 0.5) is 5.69 Å². The topological polar surface area (TPSA) is 93.7 Å². The predicted octanol–water partition coefficient (Wildman–Crippen LogP) is 3.47. The minimum absolute atomic E-state index is 0.112. The SMILES string of the molecule is COc1ccc(CCNC(=O)Cc2ccc(NS(=O)(=O)c3cccs3)cc2)c(OC)c1. The molecule has 9 heteroatoms. The van der Waals surface area contributed by atoms with Crippen molar-refractivity contribution in [3.8, 4) is 11.5 Å². The largest absolute Gasteiger partial charge is 0.497 e. The Hall–Kier alpha value is -3.04. The third-order valence-electron chi connectivity index (χ3n) is 4.54. The number of amides is 1. The zero-order valence-electron chi connectivity index (χ0n) is 17.3. The molecule has 0 atom stereocenters. The van der Waals surface area contributed by atoms with Crippen molar-refractivity contribution in [3.05, 3.63) is 71.1 Å². The summed E-state index contributed by atoms with van der Waals surface area (Å²) in [6.45, 7) is 0.472. The fourth-order valence-corrected chi connectivity index (χ4v) is 5.01. The van der Waals surface area contributed by atoms with Gasteiger partial charge < -0.3 is 14.8 Å². The van der Waals surface area contributed by atoms with Crippen LogP contribution in [0.2, 0.25) is 0 Å². The van der Waals surface area contributed by atoms with Crippen molar-refractivity contribution in [3.63, 3.8) is 0 Å². The number of carbonyl (C=O) groups is 1. The van der Waals surface area contributed by atoms with Crippen LogP contribution in [0.25, 0.3) is 0 Å². The molecule has 0 aliphatic rings. The van der Waals surface area contributed by atoms with E-state index < -0.39 is 10.0 Å². The minimum atomic E-state index is -3.58. The Morgan fingerprint density at radius 2 is 1.81 bits per heavy atom. The molecule has 1 amide bonds. The number of anilines is 1. The van der Waals surface area contributed by atoms with Crippen molar-refractivity contribution in [1.82, 2.24) is 5.32 Å². The molecule has 3 aromatic rings. The van der Waals surface area contributed by atoms with E-state index >= 15 is 0 Å². The molecule has 3 rings (SSSR count). The summed E-state index contributed by atoms with van der Waals surface area (Å²) >= 11 is 1.15. The maximum Gasteiger partial charge on any atom is 0.271 e. The number of carbonyl (C=O) groups excluding carboxylic acids is 1. The van der Waals surface area contributed by atoms with Crippen molar-refractivity contribution >= 4 is 33.0 Å². The average molecular weight is 461 g/mol. The van der Waals surface area contributed by atoms with Crippen LogP contribution in [-0.4, -0.2) is 35.1 Å². The number of rotatable bonds is 10. The lowest BCUT2D eigenvalue weighted by atomic mass is 10.1. The number of nitrogens with one attached hydrogen (secondary N) is 2. The molecule has 0 aliphatic heterocycles. The molecule has 1 heterocycles. The van der Waals surface area contributed by atoms with Gasteiger partial charge in [-0.2, -0.15) is 0 Å². The molecule has 2 N–H and O–H groups in total. The zero-order chi connectivity index (χ0) is 22.3. The lowest BCUT2D eigenvalue weighted by Crippen LogP contribution is -2.27. The van der Waals surface area contributed by atoms with E-state index in [9.17, 15) is 13.2 Å².